The third-order valence-corrected chi connectivity index (χ3v) is 5.23. The minimum absolute atomic E-state index is 0.238. The number of unbranched alkanes of at least 4 members (excludes halogenated alkanes) is 1. The fraction of sp³-hybridized carbons (Fsp3) is 0.700. The first-order valence-electron chi connectivity index (χ1n) is 9.40. The zero-order valence-corrected chi connectivity index (χ0v) is 15.0. The molecule has 0 aromatic heterocycles. The van der Waals surface area contributed by atoms with Gasteiger partial charge in [0, 0.05) is 0 Å². The fourth-order valence-corrected chi connectivity index (χ4v) is 3.73. The maximum atomic E-state index is 13.9. The summed E-state index contributed by atoms with van der Waals surface area (Å²) in [5.74, 6) is 0.200. The Hall–Kier alpha value is -1.09. The van der Waals surface area contributed by atoms with E-state index in [1.54, 1.807) is 6.07 Å². The van der Waals surface area contributed by atoms with Crippen molar-refractivity contribution in [1.82, 2.24) is 0 Å². The van der Waals surface area contributed by atoms with E-state index < -0.39 is 0 Å². The molecule has 0 bridgehead atoms. The highest BCUT2D eigenvalue weighted by molar-refractivity contribution is 5.33. The number of aryl methyl sites for hydroxylation is 1. The molecule has 0 saturated carbocycles. The zero-order chi connectivity index (χ0) is 16.5. The summed E-state index contributed by atoms with van der Waals surface area (Å²) in [5.41, 5.74) is 0.887. The topological polar surface area (TPSA) is 9.23 Å². The van der Waals surface area contributed by atoms with Crippen molar-refractivity contribution in [3.05, 3.63) is 29.6 Å². The zero-order valence-electron chi connectivity index (χ0n) is 15.0. The quantitative estimate of drug-likeness (QED) is 0.635. The SMILES string of the molecule is CCCC[N+]1(CCOc2c(C)cccc2F)CCCCCCC1. The van der Waals surface area contributed by atoms with Gasteiger partial charge in [0.25, 0.3) is 0 Å². The van der Waals surface area contributed by atoms with Gasteiger partial charge in [-0.1, -0.05) is 31.9 Å². The summed E-state index contributed by atoms with van der Waals surface area (Å²) in [6, 6.07) is 5.14. The molecule has 0 unspecified atom stereocenters. The van der Waals surface area contributed by atoms with Crippen LogP contribution in [-0.2, 0) is 0 Å². The number of rotatable bonds is 7. The summed E-state index contributed by atoms with van der Waals surface area (Å²) in [6.07, 6.45) is 9.27. The van der Waals surface area contributed by atoms with Gasteiger partial charge in [0.05, 0.1) is 19.6 Å². The molecule has 1 aliphatic rings. The minimum Gasteiger partial charge on any atom is -0.484 e. The monoisotopic (exact) mass is 322 g/mol. The Balaban J connectivity index is 1.96. The first-order chi connectivity index (χ1) is 11.2. The fourth-order valence-electron chi connectivity index (χ4n) is 3.73. The first kappa shape index (κ1) is 18.3. The van der Waals surface area contributed by atoms with E-state index in [1.807, 2.05) is 13.0 Å². The lowest BCUT2D eigenvalue weighted by atomic mass is 10.1. The summed E-state index contributed by atoms with van der Waals surface area (Å²) in [5, 5.41) is 0. The van der Waals surface area contributed by atoms with Crippen molar-refractivity contribution in [2.24, 2.45) is 0 Å². The average molecular weight is 322 g/mol. The second-order valence-electron chi connectivity index (χ2n) is 7.09. The Kier molecular flexibility index (Phi) is 7.35. The molecule has 0 atom stereocenters. The number of ether oxygens (including phenoxy) is 1. The molecule has 23 heavy (non-hydrogen) atoms. The summed E-state index contributed by atoms with van der Waals surface area (Å²) >= 11 is 0. The van der Waals surface area contributed by atoms with Crippen LogP contribution in [0.25, 0.3) is 0 Å². The van der Waals surface area contributed by atoms with E-state index in [9.17, 15) is 4.39 Å². The van der Waals surface area contributed by atoms with Gasteiger partial charge in [-0.2, -0.15) is 0 Å². The van der Waals surface area contributed by atoms with Crippen LogP contribution < -0.4 is 4.74 Å². The molecule has 0 amide bonds. The molecule has 1 aromatic carbocycles. The second-order valence-corrected chi connectivity index (χ2v) is 7.09. The number of nitrogens with zero attached hydrogens (tertiary/aromatic N) is 1. The highest BCUT2D eigenvalue weighted by Crippen LogP contribution is 2.23. The molecular weight excluding hydrogens is 289 g/mol. The number of para-hydroxylation sites is 1. The van der Waals surface area contributed by atoms with Gasteiger partial charge in [0.15, 0.2) is 11.6 Å². The van der Waals surface area contributed by atoms with Gasteiger partial charge in [0.1, 0.15) is 13.2 Å². The van der Waals surface area contributed by atoms with E-state index in [4.69, 9.17) is 4.74 Å². The van der Waals surface area contributed by atoms with E-state index in [0.717, 1.165) is 12.1 Å². The molecule has 2 rings (SSSR count). The van der Waals surface area contributed by atoms with E-state index in [0.29, 0.717) is 12.4 Å². The lowest BCUT2D eigenvalue weighted by Crippen LogP contribution is -2.52. The number of quaternary nitrogens is 1. The summed E-state index contributed by atoms with van der Waals surface area (Å²) in [6.45, 7) is 9.57. The van der Waals surface area contributed by atoms with E-state index in [-0.39, 0.29) is 5.82 Å². The van der Waals surface area contributed by atoms with Gasteiger partial charge < -0.3 is 9.22 Å². The number of hydrogen-bond donors (Lipinski definition) is 0. The van der Waals surface area contributed by atoms with Gasteiger partial charge in [0.2, 0.25) is 0 Å². The molecule has 1 aliphatic heterocycles. The molecule has 1 saturated heterocycles. The van der Waals surface area contributed by atoms with Crippen molar-refractivity contribution < 1.29 is 13.6 Å². The van der Waals surface area contributed by atoms with Crippen molar-refractivity contribution in [2.45, 2.75) is 58.8 Å². The van der Waals surface area contributed by atoms with Crippen molar-refractivity contribution in [2.75, 3.05) is 32.8 Å². The third-order valence-electron chi connectivity index (χ3n) is 5.23. The van der Waals surface area contributed by atoms with Crippen molar-refractivity contribution in [1.29, 1.82) is 0 Å². The van der Waals surface area contributed by atoms with Gasteiger partial charge in [-0.05, 0) is 50.7 Å². The lowest BCUT2D eigenvalue weighted by molar-refractivity contribution is -0.929. The van der Waals surface area contributed by atoms with Crippen molar-refractivity contribution >= 4 is 0 Å². The maximum absolute atomic E-state index is 13.9. The first-order valence-corrected chi connectivity index (χ1v) is 9.40. The second kappa shape index (κ2) is 9.27. The highest BCUT2D eigenvalue weighted by Gasteiger charge is 2.27. The standard InChI is InChI=1S/C20H33FNO/c1-3-4-13-22(14-8-6-5-7-9-15-22)16-17-23-20-18(2)11-10-12-19(20)21/h10-12H,3-9,13-17H2,1-2H3/q+1. The van der Waals surface area contributed by atoms with Crippen LogP contribution in [-0.4, -0.2) is 37.3 Å². The molecule has 130 valence electrons. The van der Waals surface area contributed by atoms with Crippen LogP contribution in [0.2, 0.25) is 0 Å². The van der Waals surface area contributed by atoms with Crippen LogP contribution in [0.3, 0.4) is 0 Å². The van der Waals surface area contributed by atoms with Gasteiger partial charge >= 0.3 is 0 Å². The molecule has 1 heterocycles. The molecule has 1 aromatic rings. The van der Waals surface area contributed by atoms with Crippen LogP contribution in [0.4, 0.5) is 4.39 Å². The number of halogens is 1. The number of hydrogen-bond acceptors (Lipinski definition) is 1. The Morgan fingerprint density at radius 3 is 2.39 bits per heavy atom. The Morgan fingerprint density at radius 2 is 1.74 bits per heavy atom. The number of benzene rings is 1. The maximum Gasteiger partial charge on any atom is 0.165 e. The predicted octanol–water partition coefficient (Wildman–Crippen LogP) is 5.09. The van der Waals surface area contributed by atoms with Crippen LogP contribution >= 0.6 is 0 Å². The van der Waals surface area contributed by atoms with Crippen molar-refractivity contribution in [3.8, 4) is 5.75 Å². The van der Waals surface area contributed by atoms with Gasteiger partial charge in [-0.3, -0.25) is 0 Å². The third kappa shape index (κ3) is 5.49. The molecule has 1 fully saturated rings. The normalized spacial score (nSPS) is 18.2. The number of likely N-dealkylation sites (tertiary alicyclic amines) is 1. The lowest BCUT2D eigenvalue weighted by Gasteiger charge is -2.40. The van der Waals surface area contributed by atoms with Crippen LogP contribution in [0.1, 0.15) is 57.4 Å². The Labute approximate surface area is 141 Å². The molecule has 0 radical (unpaired) electrons. The van der Waals surface area contributed by atoms with E-state index >= 15 is 0 Å². The largest absolute Gasteiger partial charge is 0.484 e. The van der Waals surface area contributed by atoms with Crippen LogP contribution in [0.15, 0.2) is 18.2 Å². The average Bonchev–Trinajstić information content (AvgIpc) is 2.51. The molecule has 0 aliphatic carbocycles. The molecule has 0 spiro atoms. The molecule has 2 nitrogen and oxygen atoms in total. The molecular formula is C20H33FNO+. The van der Waals surface area contributed by atoms with E-state index in [2.05, 4.69) is 6.92 Å². The van der Waals surface area contributed by atoms with Crippen molar-refractivity contribution in [3.63, 3.8) is 0 Å². The minimum atomic E-state index is -0.238. The van der Waals surface area contributed by atoms with Crippen LogP contribution in [0, 0.1) is 12.7 Å². The Bertz CT molecular complexity index is 441. The predicted molar refractivity (Wildman–Crippen MR) is 94.4 cm³/mol. The Morgan fingerprint density at radius 1 is 1.04 bits per heavy atom. The molecule has 0 N–H and O–H groups in total. The summed E-state index contributed by atoms with van der Waals surface area (Å²) < 4.78 is 20.9. The smallest absolute Gasteiger partial charge is 0.165 e. The van der Waals surface area contributed by atoms with Gasteiger partial charge in [-0.15, -0.1) is 0 Å². The van der Waals surface area contributed by atoms with Gasteiger partial charge in [-0.25, -0.2) is 4.39 Å². The summed E-state index contributed by atoms with van der Waals surface area (Å²) in [4.78, 5) is 0. The highest BCUT2D eigenvalue weighted by atomic mass is 19.1. The summed E-state index contributed by atoms with van der Waals surface area (Å²) in [7, 11) is 0. The molecule has 3 heteroatoms. The van der Waals surface area contributed by atoms with E-state index in [1.165, 1.54) is 75.1 Å². The van der Waals surface area contributed by atoms with Crippen LogP contribution in [0.5, 0.6) is 5.75 Å².